The summed E-state index contributed by atoms with van der Waals surface area (Å²) in [4.78, 5) is 7.61. The van der Waals surface area contributed by atoms with Gasteiger partial charge in [0.1, 0.15) is 5.75 Å². The summed E-state index contributed by atoms with van der Waals surface area (Å²) in [6.07, 6.45) is 4.38. The van der Waals surface area contributed by atoms with Gasteiger partial charge in [-0.05, 0) is 50.3 Å². The zero-order valence-corrected chi connectivity index (χ0v) is 17.9. The van der Waals surface area contributed by atoms with E-state index in [0.717, 1.165) is 77.2 Å². The predicted molar refractivity (Wildman–Crippen MR) is 115 cm³/mol. The van der Waals surface area contributed by atoms with E-state index in [4.69, 9.17) is 19.2 Å². The normalized spacial score (nSPS) is 26.8. The number of nitrogens with one attached hydrogen (secondary N) is 1. The highest BCUT2D eigenvalue weighted by Gasteiger charge is 2.42. The van der Waals surface area contributed by atoms with Crippen LogP contribution in [0.15, 0.2) is 29.3 Å². The summed E-state index contributed by atoms with van der Waals surface area (Å²) in [5.74, 6) is 1.95. The quantitative estimate of drug-likeness (QED) is 0.607. The van der Waals surface area contributed by atoms with Crippen molar-refractivity contribution >= 4 is 5.96 Å². The van der Waals surface area contributed by atoms with Crippen molar-refractivity contribution in [1.82, 2.24) is 10.2 Å². The predicted octanol–water partition coefficient (Wildman–Crippen LogP) is 2.82. The van der Waals surface area contributed by atoms with E-state index >= 15 is 0 Å². The van der Waals surface area contributed by atoms with Crippen LogP contribution >= 0.6 is 0 Å². The number of benzene rings is 1. The molecule has 0 radical (unpaired) electrons. The molecule has 1 atom stereocenters. The number of nitrogens with zero attached hydrogens (tertiary/aromatic N) is 2. The summed E-state index contributed by atoms with van der Waals surface area (Å²) in [5, 5.41) is 3.54. The monoisotopic (exact) mass is 401 g/mol. The molecule has 1 spiro atoms. The molecule has 3 aliphatic heterocycles. The van der Waals surface area contributed by atoms with Gasteiger partial charge in [0.25, 0.3) is 0 Å². The number of methoxy groups -OCH3 is 1. The van der Waals surface area contributed by atoms with Gasteiger partial charge in [0.2, 0.25) is 0 Å². The lowest BCUT2D eigenvalue weighted by Gasteiger charge is -2.37. The van der Waals surface area contributed by atoms with Crippen LogP contribution < -0.4 is 10.1 Å². The fraction of sp³-hybridized carbons (Fsp3) is 0.696. The molecule has 3 fully saturated rings. The van der Waals surface area contributed by atoms with Gasteiger partial charge in [-0.25, -0.2) is 0 Å². The number of guanidine groups is 1. The minimum atomic E-state index is 0.0269. The Balaban J connectivity index is 1.54. The molecule has 6 nitrogen and oxygen atoms in total. The average Bonchev–Trinajstić information content (AvgIpc) is 3.41. The van der Waals surface area contributed by atoms with E-state index in [9.17, 15) is 0 Å². The highest BCUT2D eigenvalue weighted by atomic mass is 16.5. The minimum Gasteiger partial charge on any atom is -0.497 e. The van der Waals surface area contributed by atoms with Gasteiger partial charge >= 0.3 is 0 Å². The van der Waals surface area contributed by atoms with Gasteiger partial charge < -0.3 is 24.4 Å². The van der Waals surface area contributed by atoms with Gasteiger partial charge in [-0.3, -0.25) is 4.99 Å². The van der Waals surface area contributed by atoms with Crippen LogP contribution in [0.3, 0.4) is 0 Å². The van der Waals surface area contributed by atoms with Crippen LogP contribution in [0.2, 0.25) is 0 Å². The number of hydrogen-bond acceptors (Lipinski definition) is 4. The molecule has 0 aliphatic carbocycles. The molecule has 0 bridgehead atoms. The Bertz CT molecular complexity index is 692. The smallest absolute Gasteiger partial charge is 0.193 e. The highest BCUT2D eigenvalue weighted by Crippen LogP contribution is 2.39. The standard InChI is InChI=1S/C23H35N3O3/c1-3-24-21(26-12-8-22(17-26)9-13-29-18-22)25-16-23(10-14-28-15-11-23)19-4-6-20(27-2)7-5-19/h4-7H,3,8-18H2,1-2H3,(H,24,25). The molecule has 3 aliphatic rings. The van der Waals surface area contributed by atoms with E-state index in [1.165, 1.54) is 18.4 Å². The Morgan fingerprint density at radius 2 is 1.86 bits per heavy atom. The first-order valence-corrected chi connectivity index (χ1v) is 11.0. The zero-order valence-electron chi connectivity index (χ0n) is 17.9. The van der Waals surface area contributed by atoms with Crippen molar-refractivity contribution in [2.45, 2.75) is 38.0 Å². The Kier molecular flexibility index (Phi) is 6.30. The maximum Gasteiger partial charge on any atom is 0.193 e. The van der Waals surface area contributed by atoms with Crippen molar-refractivity contribution in [3.8, 4) is 5.75 Å². The molecule has 3 saturated heterocycles. The third kappa shape index (κ3) is 4.38. The summed E-state index contributed by atoms with van der Waals surface area (Å²) in [7, 11) is 1.71. The van der Waals surface area contributed by atoms with E-state index in [1.54, 1.807) is 7.11 Å². The maximum absolute atomic E-state index is 5.71. The lowest BCUT2D eigenvalue weighted by atomic mass is 9.74. The Labute approximate surface area is 174 Å². The van der Waals surface area contributed by atoms with Gasteiger partial charge in [0.15, 0.2) is 5.96 Å². The molecular formula is C23H35N3O3. The molecule has 4 rings (SSSR count). The van der Waals surface area contributed by atoms with Crippen LogP contribution in [0, 0.1) is 5.41 Å². The summed E-state index contributed by atoms with van der Waals surface area (Å²) in [5.41, 5.74) is 1.70. The van der Waals surface area contributed by atoms with Crippen molar-refractivity contribution in [3.05, 3.63) is 29.8 Å². The first-order valence-electron chi connectivity index (χ1n) is 11.0. The largest absolute Gasteiger partial charge is 0.497 e. The van der Waals surface area contributed by atoms with Crippen molar-refractivity contribution in [1.29, 1.82) is 0 Å². The number of hydrogen-bond donors (Lipinski definition) is 1. The Morgan fingerprint density at radius 1 is 1.10 bits per heavy atom. The topological polar surface area (TPSA) is 55.3 Å². The second-order valence-corrected chi connectivity index (χ2v) is 8.77. The molecule has 29 heavy (non-hydrogen) atoms. The molecule has 1 N–H and O–H groups in total. The van der Waals surface area contributed by atoms with Gasteiger partial charge in [-0.1, -0.05) is 12.1 Å². The molecule has 160 valence electrons. The van der Waals surface area contributed by atoms with Crippen LogP contribution in [0.4, 0.5) is 0 Å². The zero-order chi connectivity index (χ0) is 20.2. The summed E-state index contributed by atoms with van der Waals surface area (Å²) >= 11 is 0. The lowest BCUT2D eigenvalue weighted by molar-refractivity contribution is 0.0530. The summed E-state index contributed by atoms with van der Waals surface area (Å²) in [6, 6.07) is 8.53. The van der Waals surface area contributed by atoms with Gasteiger partial charge in [0.05, 0.1) is 20.3 Å². The fourth-order valence-corrected chi connectivity index (χ4v) is 4.98. The minimum absolute atomic E-state index is 0.0269. The first-order chi connectivity index (χ1) is 14.2. The van der Waals surface area contributed by atoms with E-state index in [-0.39, 0.29) is 5.41 Å². The molecule has 0 amide bonds. The van der Waals surface area contributed by atoms with Crippen molar-refractivity contribution < 1.29 is 14.2 Å². The van der Waals surface area contributed by atoms with Crippen LogP contribution in [0.25, 0.3) is 0 Å². The second kappa shape index (κ2) is 8.92. The maximum atomic E-state index is 5.71. The van der Waals surface area contributed by atoms with Crippen molar-refractivity contribution in [3.63, 3.8) is 0 Å². The molecule has 6 heteroatoms. The molecule has 1 unspecified atom stereocenters. The molecule has 3 heterocycles. The Hall–Kier alpha value is -1.79. The third-order valence-electron chi connectivity index (χ3n) is 6.94. The third-order valence-corrected chi connectivity index (χ3v) is 6.94. The molecule has 0 saturated carbocycles. The number of rotatable bonds is 5. The van der Waals surface area contributed by atoms with E-state index in [2.05, 4.69) is 41.4 Å². The van der Waals surface area contributed by atoms with Crippen molar-refractivity contribution in [2.75, 3.05) is 59.7 Å². The first kappa shape index (κ1) is 20.5. The van der Waals surface area contributed by atoms with Crippen molar-refractivity contribution in [2.24, 2.45) is 10.4 Å². The molecule has 1 aromatic carbocycles. The SMILES string of the molecule is CCNC(=NCC1(c2ccc(OC)cc2)CCOCC1)N1CCC2(CCOC2)C1. The van der Waals surface area contributed by atoms with Gasteiger partial charge in [0, 0.05) is 50.3 Å². The van der Waals surface area contributed by atoms with Crippen LogP contribution in [0.1, 0.15) is 38.2 Å². The van der Waals surface area contributed by atoms with Crippen LogP contribution in [-0.4, -0.2) is 70.6 Å². The van der Waals surface area contributed by atoms with E-state index < -0.39 is 0 Å². The molecule has 0 aromatic heterocycles. The summed E-state index contributed by atoms with van der Waals surface area (Å²) < 4.78 is 16.8. The van der Waals surface area contributed by atoms with Crippen LogP contribution in [-0.2, 0) is 14.9 Å². The van der Waals surface area contributed by atoms with Crippen LogP contribution in [0.5, 0.6) is 5.75 Å². The van der Waals surface area contributed by atoms with E-state index in [0.29, 0.717) is 5.41 Å². The Morgan fingerprint density at radius 3 is 2.52 bits per heavy atom. The lowest BCUT2D eigenvalue weighted by Crippen LogP contribution is -2.43. The van der Waals surface area contributed by atoms with Gasteiger partial charge in [-0.15, -0.1) is 0 Å². The van der Waals surface area contributed by atoms with E-state index in [1.807, 2.05) is 0 Å². The highest BCUT2D eigenvalue weighted by molar-refractivity contribution is 5.80. The second-order valence-electron chi connectivity index (χ2n) is 8.77. The molecular weight excluding hydrogens is 366 g/mol. The molecule has 1 aromatic rings. The fourth-order valence-electron chi connectivity index (χ4n) is 4.98. The number of likely N-dealkylation sites (tertiary alicyclic amines) is 1. The number of aliphatic imine (C=N–C) groups is 1. The average molecular weight is 402 g/mol. The van der Waals surface area contributed by atoms with Gasteiger partial charge in [-0.2, -0.15) is 0 Å². The number of ether oxygens (including phenoxy) is 3. The summed E-state index contributed by atoms with van der Waals surface area (Å²) in [6.45, 7) is 9.32.